The van der Waals surface area contributed by atoms with Gasteiger partial charge < -0.3 is 14.7 Å². The largest absolute Gasteiger partial charge is 0.492 e. The molecule has 2 bridgehead atoms. The Balaban J connectivity index is 1.30. The van der Waals surface area contributed by atoms with E-state index in [-0.39, 0.29) is 30.0 Å². The van der Waals surface area contributed by atoms with Crippen molar-refractivity contribution in [2.24, 2.45) is 5.41 Å². The van der Waals surface area contributed by atoms with Gasteiger partial charge in [0, 0.05) is 36.2 Å². The predicted molar refractivity (Wildman–Crippen MR) is 115 cm³/mol. The molecule has 158 valence electrons. The Labute approximate surface area is 178 Å². The normalized spacial score (nSPS) is 28.1. The standard InChI is InChI=1S/C25H30N2O3/c28-18-25(14-19-6-2-1-3-7-19)15-21-10-11-23(25)27(21)24(29)17-26-12-13-30-22-9-5-4-8-20(22)16-26/h1-9,21,23,28H,10-18H2/t21-,23+,25-/m1/s1. The van der Waals surface area contributed by atoms with Gasteiger partial charge in [-0.2, -0.15) is 0 Å². The second kappa shape index (κ2) is 8.05. The molecule has 2 fully saturated rings. The summed E-state index contributed by atoms with van der Waals surface area (Å²) in [6.07, 6.45) is 3.79. The Kier molecular flexibility index (Phi) is 5.25. The van der Waals surface area contributed by atoms with Crippen LogP contribution in [0.3, 0.4) is 0 Å². The van der Waals surface area contributed by atoms with Crippen LogP contribution in [0.4, 0.5) is 0 Å². The van der Waals surface area contributed by atoms with Crippen molar-refractivity contribution in [1.82, 2.24) is 9.80 Å². The Hall–Kier alpha value is -2.37. The van der Waals surface area contributed by atoms with E-state index in [1.807, 2.05) is 24.3 Å². The molecule has 2 aromatic carbocycles. The molecule has 0 aliphatic carbocycles. The lowest BCUT2D eigenvalue weighted by molar-refractivity contribution is -0.134. The van der Waals surface area contributed by atoms with Gasteiger partial charge in [-0.25, -0.2) is 0 Å². The molecular weight excluding hydrogens is 376 g/mol. The van der Waals surface area contributed by atoms with Crippen molar-refractivity contribution in [3.63, 3.8) is 0 Å². The maximum atomic E-state index is 13.4. The summed E-state index contributed by atoms with van der Waals surface area (Å²) < 4.78 is 5.86. The number of amides is 1. The zero-order chi connectivity index (χ0) is 20.6. The summed E-state index contributed by atoms with van der Waals surface area (Å²) in [5.74, 6) is 1.13. The van der Waals surface area contributed by atoms with Crippen molar-refractivity contribution in [2.45, 2.75) is 44.3 Å². The van der Waals surface area contributed by atoms with Gasteiger partial charge in [0.05, 0.1) is 13.2 Å². The molecule has 3 heterocycles. The first-order valence-electron chi connectivity index (χ1n) is 11.1. The third kappa shape index (κ3) is 3.50. The second-order valence-electron chi connectivity index (χ2n) is 9.10. The number of aliphatic hydroxyl groups excluding tert-OH is 1. The lowest BCUT2D eigenvalue weighted by Gasteiger charge is -2.36. The minimum Gasteiger partial charge on any atom is -0.492 e. The van der Waals surface area contributed by atoms with Gasteiger partial charge in [0.15, 0.2) is 0 Å². The van der Waals surface area contributed by atoms with E-state index in [9.17, 15) is 9.90 Å². The van der Waals surface area contributed by atoms with E-state index >= 15 is 0 Å². The summed E-state index contributed by atoms with van der Waals surface area (Å²) in [5.41, 5.74) is 2.17. The summed E-state index contributed by atoms with van der Waals surface area (Å²) >= 11 is 0. The molecule has 0 saturated carbocycles. The third-order valence-electron chi connectivity index (χ3n) is 7.24. The summed E-state index contributed by atoms with van der Waals surface area (Å²) in [6.45, 7) is 2.64. The first-order chi connectivity index (χ1) is 14.7. The number of hydrogen-bond donors (Lipinski definition) is 1. The molecule has 5 heteroatoms. The number of nitrogens with zero attached hydrogens (tertiary/aromatic N) is 2. The molecule has 0 radical (unpaired) electrons. The molecule has 1 amide bonds. The summed E-state index contributed by atoms with van der Waals surface area (Å²) in [7, 11) is 0. The number of ether oxygens (including phenoxy) is 1. The average Bonchev–Trinajstić information content (AvgIpc) is 3.24. The molecule has 5 rings (SSSR count). The van der Waals surface area contributed by atoms with Crippen molar-refractivity contribution in [3.05, 3.63) is 65.7 Å². The summed E-state index contributed by atoms with van der Waals surface area (Å²) in [6, 6.07) is 18.9. The number of aliphatic hydroxyl groups is 1. The number of para-hydroxylation sites is 1. The van der Waals surface area contributed by atoms with Crippen molar-refractivity contribution in [3.8, 4) is 5.75 Å². The van der Waals surface area contributed by atoms with Gasteiger partial charge in [0.25, 0.3) is 0 Å². The van der Waals surface area contributed by atoms with Crippen LogP contribution in [0.1, 0.15) is 30.4 Å². The van der Waals surface area contributed by atoms with Gasteiger partial charge in [0.2, 0.25) is 5.91 Å². The van der Waals surface area contributed by atoms with Crippen LogP contribution in [-0.4, -0.2) is 59.2 Å². The van der Waals surface area contributed by atoms with Gasteiger partial charge in [0.1, 0.15) is 12.4 Å². The van der Waals surface area contributed by atoms with Gasteiger partial charge in [-0.15, -0.1) is 0 Å². The Bertz CT molecular complexity index is 902. The van der Waals surface area contributed by atoms with Crippen LogP contribution in [0.15, 0.2) is 54.6 Å². The van der Waals surface area contributed by atoms with Crippen LogP contribution < -0.4 is 4.74 Å². The van der Waals surface area contributed by atoms with Crippen LogP contribution in [-0.2, 0) is 17.8 Å². The van der Waals surface area contributed by atoms with Crippen molar-refractivity contribution < 1.29 is 14.6 Å². The second-order valence-corrected chi connectivity index (χ2v) is 9.10. The molecular formula is C25H30N2O3. The highest BCUT2D eigenvalue weighted by Crippen LogP contribution is 2.51. The number of rotatable bonds is 5. The molecule has 2 aromatic rings. The van der Waals surface area contributed by atoms with E-state index in [4.69, 9.17) is 4.74 Å². The number of hydrogen-bond acceptors (Lipinski definition) is 4. The topological polar surface area (TPSA) is 53.0 Å². The Morgan fingerprint density at radius 1 is 1.10 bits per heavy atom. The Morgan fingerprint density at radius 2 is 1.90 bits per heavy atom. The lowest BCUT2D eigenvalue weighted by atomic mass is 9.70. The summed E-state index contributed by atoms with van der Waals surface area (Å²) in [5, 5.41) is 10.4. The molecule has 0 unspecified atom stereocenters. The van der Waals surface area contributed by atoms with Gasteiger partial charge in [-0.1, -0.05) is 48.5 Å². The van der Waals surface area contributed by atoms with E-state index in [0.29, 0.717) is 13.2 Å². The Morgan fingerprint density at radius 3 is 2.73 bits per heavy atom. The fraction of sp³-hybridized carbons (Fsp3) is 0.480. The monoisotopic (exact) mass is 406 g/mol. The highest BCUT2D eigenvalue weighted by molar-refractivity contribution is 5.80. The average molecular weight is 407 g/mol. The zero-order valence-electron chi connectivity index (χ0n) is 17.4. The molecule has 1 N–H and O–H groups in total. The molecule has 3 aliphatic heterocycles. The van der Waals surface area contributed by atoms with E-state index < -0.39 is 0 Å². The van der Waals surface area contributed by atoms with E-state index in [1.165, 1.54) is 5.56 Å². The summed E-state index contributed by atoms with van der Waals surface area (Å²) in [4.78, 5) is 17.7. The maximum absolute atomic E-state index is 13.4. The number of carbonyl (C=O) groups is 1. The molecule has 2 saturated heterocycles. The van der Waals surface area contributed by atoms with Crippen LogP contribution in [0, 0.1) is 5.41 Å². The highest BCUT2D eigenvalue weighted by Gasteiger charge is 2.56. The predicted octanol–water partition coefficient (Wildman–Crippen LogP) is 2.87. The molecule has 30 heavy (non-hydrogen) atoms. The molecule has 3 atom stereocenters. The zero-order valence-corrected chi connectivity index (χ0v) is 17.4. The number of carbonyl (C=O) groups excluding carboxylic acids is 1. The quantitative estimate of drug-likeness (QED) is 0.830. The van der Waals surface area contributed by atoms with Gasteiger partial charge in [-0.05, 0) is 37.3 Å². The molecule has 0 aromatic heterocycles. The van der Waals surface area contributed by atoms with Crippen LogP contribution in [0.2, 0.25) is 0 Å². The first-order valence-corrected chi connectivity index (χ1v) is 11.1. The minimum atomic E-state index is -0.214. The molecule has 5 nitrogen and oxygen atoms in total. The fourth-order valence-corrected chi connectivity index (χ4v) is 5.87. The van der Waals surface area contributed by atoms with Crippen molar-refractivity contribution >= 4 is 5.91 Å². The first kappa shape index (κ1) is 19.6. The van der Waals surface area contributed by atoms with Crippen molar-refractivity contribution in [1.29, 1.82) is 0 Å². The van der Waals surface area contributed by atoms with Crippen LogP contribution in [0.5, 0.6) is 5.75 Å². The van der Waals surface area contributed by atoms with Crippen LogP contribution in [0.25, 0.3) is 0 Å². The molecule has 3 aliphatic rings. The van der Waals surface area contributed by atoms with Gasteiger partial charge in [-0.3, -0.25) is 9.69 Å². The smallest absolute Gasteiger partial charge is 0.237 e. The fourth-order valence-electron chi connectivity index (χ4n) is 5.87. The van der Waals surface area contributed by atoms with Crippen molar-refractivity contribution in [2.75, 3.05) is 26.3 Å². The van der Waals surface area contributed by atoms with E-state index in [0.717, 1.165) is 50.1 Å². The SMILES string of the molecule is O=C(CN1CCOc2ccccc2C1)N1[C@@H]2CC[C@H]1[C@](CO)(Cc1ccccc1)C2. The van der Waals surface area contributed by atoms with E-state index in [1.54, 1.807) is 0 Å². The number of fused-ring (bicyclic) bond motifs is 3. The third-order valence-corrected chi connectivity index (χ3v) is 7.24. The number of benzene rings is 2. The lowest BCUT2D eigenvalue weighted by Crippen LogP contribution is -2.47. The highest BCUT2D eigenvalue weighted by atomic mass is 16.5. The maximum Gasteiger partial charge on any atom is 0.237 e. The molecule has 0 spiro atoms. The van der Waals surface area contributed by atoms with Crippen LogP contribution >= 0.6 is 0 Å². The van der Waals surface area contributed by atoms with Gasteiger partial charge >= 0.3 is 0 Å². The minimum absolute atomic E-state index is 0.135. The van der Waals surface area contributed by atoms with E-state index in [2.05, 4.69) is 40.1 Å².